The van der Waals surface area contributed by atoms with Gasteiger partial charge in [0.15, 0.2) is 11.6 Å². The Hall–Kier alpha value is -1.65. The second-order valence-corrected chi connectivity index (χ2v) is 2.58. The third-order valence-electron chi connectivity index (χ3n) is 1.76. The third kappa shape index (κ3) is 1.81. The molecule has 3 nitrogen and oxygen atoms in total. The number of nitrogens with two attached hydrogens (primary N) is 1. The quantitative estimate of drug-likeness (QED) is 0.578. The predicted octanol–water partition coefficient (Wildman–Crippen LogP) is 1.31. The van der Waals surface area contributed by atoms with Crippen LogP contribution in [-0.4, -0.2) is 20.0 Å². The Morgan fingerprint density at radius 1 is 1.36 bits per heavy atom. The van der Waals surface area contributed by atoms with Crippen molar-refractivity contribution in [2.24, 2.45) is 10.7 Å². The Morgan fingerprint density at radius 3 is 2.50 bits per heavy atom. The monoisotopic (exact) mass is 200 g/mol. The van der Waals surface area contributed by atoms with Gasteiger partial charge in [-0.05, 0) is 6.07 Å². The molecule has 1 aromatic rings. The van der Waals surface area contributed by atoms with Gasteiger partial charge in [-0.2, -0.15) is 0 Å². The lowest BCUT2D eigenvalue weighted by Gasteiger charge is -2.06. The number of nitrogens with zero attached hydrogens (tertiary/aromatic N) is 1. The average molecular weight is 200 g/mol. The summed E-state index contributed by atoms with van der Waals surface area (Å²) in [6, 6.07) is 1.89. The van der Waals surface area contributed by atoms with Gasteiger partial charge >= 0.3 is 0 Å². The summed E-state index contributed by atoms with van der Waals surface area (Å²) < 4.78 is 31.0. The van der Waals surface area contributed by atoms with E-state index in [9.17, 15) is 8.78 Å². The SMILES string of the molecule is CN=C(N)c1cc(F)c(OC)cc1F. The number of rotatable bonds is 2. The first-order chi connectivity index (χ1) is 6.60. The van der Waals surface area contributed by atoms with Crippen LogP contribution < -0.4 is 10.5 Å². The van der Waals surface area contributed by atoms with Crippen molar-refractivity contribution in [3.8, 4) is 5.75 Å². The van der Waals surface area contributed by atoms with Crippen molar-refractivity contribution in [1.82, 2.24) is 0 Å². The summed E-state index contributed by atoms with van der Waals surface area (Å²) in [6.07, 6.45) is 0. The van der Waals surface area contributed by atoms with Crippen LogP contribution in [0.25, 0.3) is 0 Å². The van der Waals surface area contributed by atoms with E-state index in [1.54, 1.807) is 0 Å². The number of amidine groups is 1. The molecular weight excluding hydrogens is 190 g/mol. The normalized spacial score (nSPS) is 11.6. The van der Waals surface area contributed by atoms with Gasteiger partial charge in [-0.1, -0.05) is 0 Å². The Balaban J connectivity index is 3.29. The van der Waals surface area contributed by atoms with Gasteiger partial charge in [0, 0.05) is 13.1 Å². The minimum Gasteiger partial charge on any atom is -0.494 e. The molecule has 0 unspecified atom stereocenters. The Labute approximate surface area is 80.2 Å². The molecular formula is C9H10F2N2O. The van der Waals surface area contributed by atoms with Crippen molar-refractivity contribution < 1.29 is 13.5 Å². The minimum atomic E-state index is -0.671. The molecule has 1 aromatic carbocycles. The molecule has 0 spiro atoms. The second kappa shape index (κ2) is 4.04. The first-order valence-corrected chi connectivity index (χ1v) is 3.85. The summed E-state index contributed by atoms with van der Waals surface area (Å²) in [4.78, 5) is 3.56. The Bertz CT molecular complexity index is 377. The Kier molecular flexibility index (Phi) is 3.01. The maximum absolute atomic E-state index is 13.2. The molecule has 1 rings (SSSR count). The van der Waals surface area contributed by atoms with E-state index in [1.165, 1.54) is 14.2 Å². The predicted molar refractivity (Wildman–Crippen MR) is 49.6 cm³/mol. The molecule has 0 aliphatic carbocycles. The zero-order valence-electron chi connectivity index (χ0n) is 7.84. The molecule has 0 aromatic heterocycles. The number of methoxy groups -OCH3 is 1. The van der Waals surface area contributed by atoms with Crippen LogP contribution in [0.3, 0.4) is 0 Å². The molecule has 5 heteroatoms. The number of benzene rings is 1. The molecule has 0 heterocycles. The zero-order chi connectivity index (χ0) is 10.7. The maximum atomic E-state index is 13.2. The smallest absolute Gasteiger partial charge is 0.165 e. The molecule has 0 fully saturated rings. The average Bonchev–Trinajstić information content (AvgIpc) is 2.19. The van der Waals surface area contributed by atoms with E-state index in [0.29, 0.717) is 0 Å². The Morgan fingerprint density at radius 2 is 2.00 bits per heavy atom. The van der Waals surface area contributed by atoms with Crippen LogP contribution in [0.1, 0.15) is 5.56 Å². The van der Waals surface area contributed by atoms with Crippen molar-refractivity contribution >= 4 is 5.84 Å². The standard InChI is InChI=1S/C9H10F2N2O/c1-13-9(12)5-3-7(11)8(14-2)4-6(5)10/h3-4H,1-2H3,(H2,12,13). The maximum Gasteiger partial charge on any atom is 0.165 e. The molecule has 0 aliphatic heterocycles. The van der Waals surface area contributed by atoms with Gasteiger partial charge in [-0.15, -0.1) is 0 Å². The second-order valence-electron chi connectivity index (χ2n) is 2.58. The third-order valence-corrected chi connectivity index (χ3v) is 1.76. The minimum absolute atomic E-state index is 0.0518. The zero-order valence-corrected chi connectivity index (χ0v) is 7.84. The highest BCUT2D eigenvalue weighted by Gasteiger charge is 2.12. The van der Waals surface area contributed by atoms with E-state index < -0.39 is 11.6 Å². The molecule has 0 atom stereocenters. The number of aliphatic imine (C=N–C) groups is 1. The van der Waals surface area contributed by atoms with Gasteiger partial charge in [-0.3, -0.25) is 4.99 Å². The lowest BCUT2D eigenvalue weighted by Crippen LogP contribution is -2.15. The highest BCUT2D eigenvalue weighted by Crippen LogP contribution is 2.20. The molecule has 2 N–H and O–H groups in total. The molecule has 0 aliphatic rings. The molecule has 14 heavy (non-hydrogen) atoms. The first kappa shape index (κ1) is 10.4. The van der Waals surface area contributed by atoms with Crippen LogP contribution in [0.4, 0.5) is 8.78 Å². The molecule has 76 valence electrons. The lowest BCUT2D eigenvalue weighted by molar-refractivity contribution is 0.382. The highest BCUT2D eigenvalue weighted by molar-refractivity contribution is 5.97. The van der Waals surface area contributed by atoms with Gasteiger partial charge in [0.2, 0.25) is 0 Å². The van der Waals surface area contributed by atoms with E-state index in [-0.39, 0.29) is 17.1 Å². The van der Waals surface area contributed by atoms with Crippen molar-refractivity contribution in [3.63, 3.8) is 0 Å². The number of halogens is 2. The van der Waals surface area contributed by atoms with Gasteiger partial charge in [0.25, 0.3) is 0 Å². The van der Waals surface area contributed by atoms with Crippen molar-refractivity contribution in [2.75, 3.05) is 14.2 Å². The van der Waals surface area contributed by atoms with Crippen LogP contribution in [0.2, 0.25) is 0 Å². The molecule has 0 saturated heterocycles. The molecule has 0 radical (unpaired) electrons. The van der Waals surface area contributed by atoms with Crippen LogP contribution in [0.5, 0.6) is 5.75 Å². The summed E-state index contributed by atoms with van der Waals surface area (Å²) in [5.41, 5.74) is 5.29. The van der Waals surface area contributed by atoms with E-state index in [4.69, 9.17) is 5.73 Å². The van der Waals surface area contributed by atoms with E-state index in [1.807, 2.05) is 0 Å². The van der Waals surface area contributed by atoms with Crippen LogP contribution >= 0.6 is 0 Å². The van der Waals surface area contributed by atoms with Crippen molar-refractivity contribution in [2.45, 2.75) is 0 Å². The topological polar surface area (TPSA) is 47.6 Å². The summed E-state index contributed by atoms with van der Waals surface area (Å²) in [5, 5.41) is 0. The molecule has 0 amide bonds. The van der Waals surface area contributed by atoms with Gasteiger partial charge in [-0.25, -0.2) is 8.78 Å². The fourth-order valence-electron chi connectivity index (χ4n) is 1.00. The highest BCUT2D eigenvalue weighted by atomic mass is 19.1. The van der Waals surface area contributed by atoms with Crippen LogP contribution in [-0.2, 0) is 0 Å². The lowest BCUT2D eigenvalue weighted by atomic mass is 10.2. The molecule has 0 bridgehead atoms. The van der Waals surface area contributed by atoms with Crippen LogP contribution in [0.15, 0.2) is 17.1 Å². The van der Waals surface area contributed by atoms with E-state index in [0.717, 1.165) is 12.1 Å². The largest absolute Gasteiger partial charge is 0.494 e. The van der Waals surface area contributed by atoms with Gasteiger partial charge in [0.05, 0.1) is 12.7 Å². The number of hydrogen-bond acceptors (Lipinski definition) is 2. The van der Waals surface area contributed by atoms with Crippen molar-refractivity contribution in [3.05, 3.63) is 29.3 Å². The molecule has 0 saturated carbocycles. The van der Waals surface area contributed by atoms with Crippen molar-refractivity contribution in [1.29, 1.82) is 0 Å². The van der Waals surface area contributed by atoms with Crippen LogP contribution in [0, 0.1) is 11.6 Å². The first-order valence-electron chi connectivity index (χ1n) is 3.85. The summed E-state index contributed by atoms with van der Waals surface area (Å²) >= 11 is 0. The summed E-state index contributed by atoms with van der Waals surface area (Å²) in [7, 11) is 2.66. The van der Waals surface area contributed by atoms with E-state index >= 15 is 0 Å². The van der Waals surface area contributed by atoms with E-state index in [2.05, 4.69) is 9.73 Å². The fraction of sp³-hybridized carbons (Fsp3) is 0.222. The van der Waals surface area contributed by atoms with Gasteiger partial charge < -0.3 is 10.5 Å². The number of hydrogen-bond donors (Lipinski definition) is 1. The summed E-state index contributed by atoms with van der Waals surface area (Å²) in [6.45, 7) is 0. The summed E-state index contributed by atoms with van der Waals surface area (Å²) in [5.74, 6) is -1.54. The van der Waals surface area contributed by atoms with Gasteiger partial charge in [0.1, 0.15) is 11.7 Å². The fourth-order valence-corrected chi connectivity index (χ4v) is 1.00. The number of ether oxygens (including phenoxy) is 1.